The SMILES string of the molecule is COc1ccc(-c2n[nH]c(C)c2CC(=O)NCCc2ccncc2)cc1. The highest BCUT2D eigenvalue weighted by atomic mass is 16.5. The lowest BCUT2D eigenvalue weighted by molar-refractivity contribution is -0.120. The zero-order valence-corrected chi connectivity index (χ0v) is 15.0. The minimum absolute atomic E-state index is 0.0154. The van der Waals surface area contributed by atoms with E-state index in [0.717, 1.165) is 40.2 Å². The number of nitrogens with one attached hydrogen (secondary N) is 2. The predicted octanol–water partition coefficient (Wildman–Crippen LogP) is 2.69. The van der Waals surface area contributed by atoms with Crippen LogP contribution in [-0.4, -0.2) is 34.7 Å². The van der Waals surface area contributed by atoms with Crippen molar-refractivity contribution in [2.24, 2.45) is 0 Å². The Labute approximate surface area is 152 Å². The zero-order valence-electron chi connectivity index (χ0n) is 15.0. The van der Waals surface area contributed by atoms with Gasteiger partial charge in [0.15, 0.2) is 0 Å². The molecule has 0 unspecified atom stereocenters. The molecule has 0 bridgehead atoms. The van der Waals surface area contributed by atoms with E-state index in [9.17, 15) is 4.79 Å². The fourth-order valence-corrected chi connectivity index (χ4v) is 2.78. The van der Waals surface area contributed by atoms with Gasteiger partial charge in [0.25, 0.3) is 0 Å². The Kier molecular flexibility index (Phi) is 5.63. The Morgan fingerprint density at radius 1 is 1.15 bits per heavy atom. The third-order valence-corrected chi connectivity index (χ3v) is 4.26. The van der Waals surface area contributed by atoms with Crippen LogP contribution in [0, 0.1) is 6.92 Å². The fourth-order valence-electron chi connectivity index (χ4n) is 2.78. The molecular weight excluding hydrogens is 328 g/mol. The van der Waals surface area contributed by atoms with Crippen molar-refractivity contribution in [3.05, 3.63) is 65.6 Å². The third kappa shape index (κ3) is 4.27. The van der Waals surface area contributed by atoms with E-state index >= 15 is 0 Å². The summed E-state index contributed by atoms with van der Waals surface area (Å²) in [5.41, 5.74) is 4.72. The number of pyridine rings is 1. The summed E-state index contributed by atoms with van der Waals surface area (Å²) in [5.74, 6) is 0.773. The number of aromatic amines is 1. The summed E-state index contributed by atoms with van der Waals surface area (Å²) in [6.07, 6.45) is 4.59. The maximum atomic E-state index is 12.4. The van der Waals surface area contributed by atoms with Crippen molar-refractivity contribution in [2.75, 3.05) is 13.7 Å². The van der Waals surface area contributed by atoms with Gasteiger partial charge in [-0.2, -0.15) is 5.10 Å². The van der Waals surface area contributed by atoms with Crippen LogP contribution in [0.1, 0.15) is 16.8 Å². The molecule has 0 aliphatic carbocycles. The molecular formula is C20H22N4O2. The number of amides is 1. The lowest BCUT2D eigenvalue weighted by Gasteiger charge is -2.07. The highest BCUT2D eigenvalue weighted by molar-refractivity contribution is 5.81. The number of carbonyl (C=O) groups excluding carboxylic acids is 1. The van der Waals surface area contributed by atoms with Crippen LogP contribution in [0.3, 0.4) is 0 Å². The number of rotatable bonds is 7. The van der Waals surface area contributed by atoms with Crippen molar-refractivity contribution >= 4 is 5.91 Å². The van der Waals surface area contributed by atoms with Gasteiger partial charge in [0.1, 0.15) is 5.75 Å². The highest BCUT2D eigenvalue weighted by Crippen LogP contribution is 2.26. The summed E-state index contributed by atoms with van der Waals surface area (Å²) in [6.45, 7) is 2.53. The first-order valence-electron chi connectivity index (χ1n) is 8.51. The molecule has 1 amide bonds. The first kappa shape index (κ1) is 17.7. The van der Waals surface area contributed by atoms with Crippen molar-refractivity contribution < 1.29 is 9.53 Å². The Bertz CT molecular complexity index is 857. The number of benzene rings is 1. The molecule has 0 saturated carbocycles. The minimum Gasteiger partial charge on any atom is -0.497 e. The molecule has 134 valence electrons. The lowest BCUT2D eigenvalue weighted by Crippen LogP contribution is -2.27. The van der Waals surface area contributed by atoms with Crippen LogP contribution in [0.25, 0.3) is 11.3 Å². The Hall–Kier alpha value is -3.15. The standard InChI is InChI=1S/C20H22N4O2/c1-14-18(13-19(25)22-12-9-15-7-10-21-11-8-15)20(24-23-14)16-3-5-17(26-2)6-4-16/h3-8,10-11H,9,12-13H2,1-2H3,(H,22,25)(H,23,24). The monoisotopic (exact) mass is 350 g/mol. The topological polar surface area (TPSA) is 79.9 Å². The molecule has 0 aliphatic rings. The van der Waals surface area contributed by atoms with Crippen molar-refractivity contribution in [1.82, 2.24) is 20.5 Å². The molecule has 3 rings (SSSR count). The van der Waals surface area contributed by atoms with Gasteiger partial charge in [0.05, 0.1) is 19.2 Å². The van der Waals surface area contributed by atoms with Gasteiger partial charge in [0, 0.05) is 35.8 Å². The molecule has 0 spiro atoms. The van der Waals surface area contributed by atoms with Crippen LogP contribution in [-0.2, 0) is 17.6 Å². The molecule has 2 aromatic heterocycles. The van der Waals surface area contributed by atoms with Crippen molar-refractivity contribution in [3.63, 3.8) is 0 Å². The molecule has 1 aromatic carbocycles. The minimum atomic E-state index is -0.0154. The van der Waals surface area contributed by atoms with Crippen LogP contribution >= 0.6 is 0 Å². The summed E-state index contributed by atoms with van der Waals surface area (Å²) in [6, 6.07) is 11.6. The highest BCUT2D eigenvalue weighted by Gasteiger charge is 2.15. The van der Waals surface area contributed by atoms with Crippen LogP contribution in [0.4, 0.5) is 0 Å². The molecule has 0 aliphatic heterocycles. The Morgan fingerprint density at radius 3 is 2.58 bits per heavy atom. The maximum Gasteiger partial charge on any atom is 0.224 e. The molecule has 0 fully saturated rings. The zero-order chi connectivity index (χ0) is 18.4. The Balaban J connectivity index is 1.63. The summed E-state index contributed by atoms with van der Waals surface area (Å²) in [7, 11) is 1.63. The molecule has 26 heavy (non-hydrogen) atoms. The quantitative estimate of drug-likeness (QED) is 0.687. The van der Waals surface area contributed by atoms with E-state index in [-0.39, 0.29) is 5.91 Å². The largest absolute Gasteiger partial charge is 0.497 e. The number of ether oxygens (including phenoxy) is 1. The van der Waals surface area contributed by atoms with Gasteiger partial charge in [-0.15, -0.1) is 0 Å². The van der Waals surface area contributed by atoms with Crippen LogP contribution in [0.15, 0.2) is 48.8 Å². The molecule has 2 N–H and O–H groups in total. The van der Waals surface area contributed by atoms with E-state index in [1.807, 2.05) is 43.3 Å². The van der Waals surface area contributed by atoms with Gasteiger partial charge in [-0.25, -0.2) is 0 Å². The molecule has 3 aromatic rings. The van der Waals surface area contributed by atoms with E-state index in [0.29, 0.717) is 13.0 Å². The van der Waals surface area contributed by atoms with Crippen molar-refractivity contribution in [2.45, 2.75) is 19.8 Å². The van der Waals surface area contributed by atoms with Crippen LogP contribution < -0.4 is 10.1 Å². The second-order valence-electron chi connectivity index (χ2n) is 6.04. The molecule has 2 heterocycles. The lowest BCUT2D eigenvalue weighted by atomic mass is 10.0. The number of hydrogen-bond acceptors (Lipinski definition) is 4. The summed E-state index contributed by atoms with van der Waals surface area (Å²) >= 11 is 0. The van der Waals surface area contributed by atoms with Gasteiger partial charge in [-0.1, -0.05) is 0 Å². The van der Waals surface area contributed by atoms with E-state index in [4.69, 9.17) is 4.74 Å². The Morgan fingerprint density at radius 2 is 1.88 bits per heavy atom. The smallest absolute Gasteiger partial charge is 0.224 e. The third-order valence-electron chi connectivity index (χ3n) is 4.26. The number of carbonyl (C=O) groups is 1. The normalized spacial score (nSPS) is 10.5. The van der Waals surface area contributed by atoms with Gasteiger partial charge in [-0.3, -0.25) is 14.9 Å². The average molecular weight is 350 g/mol. The van der Waals surface area contributed by atoms with Gasteiger partial charge >= 0.3 is 0 Å². The number of aromatic nitrogens is 3. The summed E-state index contributed by atoms with van der Waals surface area (Å²) < 4.78 is 5.19. The van der Waals surface area contributed by atoms with Gasteiger partial charge in [-0.05, 0) is 55.3 Å². The molecule has 0 radical (unpaired) electrons. The number of nitrogens with zero attached hydrogens (tertiary/aromatic N) is 2. The molecule has 0 saturated heterocycles. The first-order chi connectivity index (χ1) is 12.7. The fraction of sp³-hybridized carbons (Fsp3) is 0.250. The number of aryl methyl sites for hydroxylation is 1. The van der Waals surface area contributed by atoms with E-state index in [1.54, 1.807) is 19.5 Å². The van der Waals surface area contributed by atoms with E-state index in [2.05, 4.69) is 20.5 Å². The number of hydrogen-bond donors (Lipinski definition) is 2. The maximum absolute atomic E-state index is 12.4. The van der Waals surface area contributed by atoms with Crippen molar-refractivity contribution in [3.8, 4) is 17.0 Å². The average Bonchev–Trinajstić information content (AvgIpc) is 3.03. The van der Waals surface area contributed by atoms with Crippen LogP contribution in [0.2, 0.25) is 0 Å². The molecule has 6 heteroatoms. The molecule has 6 nitrogen and oxygen atoms in total. The van der Waals surface area contributed by atoms with E-state index < -0.39 is 0 Å². The number of H-pyrrole nitrogens is 1. The first-order valence-corrected chi connectivity index (χ1v) is 8.51. The van der Waals surface area contributed by atoms with E-state index in [1.165, 1.54) is 0 Å². The second-order valence-corrected chi connectivity index (χ2v) is 6.04. The summed E-state index contributed by atoms with van der Waals surface area (Å²) in [4.78, 5) is 16.3. The number of methoxy groups -OCH3 is 1. The van der Waals surface area contributed by atoms with Crippen LogP contribution in [0.5, 0.6) is 5.75 Å². The van der Waals surface area contributed by atoms with Gasteiger partial charge < -0.3 is 10.1 Å². The van der Waals surface area contributed by atoms with Crippen molar-refractivity contribution in [1.29, 1.82) is 0 Å². The van der Waals surface area contributed by atoms with Gasteiger partial charge in [0.2, 0.25) is 5.91 Å². The predicted molar refractivity (Wildman–Crippen MR) is 100.0 cm³/mol. The molecule has 0 atom stereocenters. The second kappa shape index (κ2) is 8.29. The summed E-state index contributed by atoms with van der Waals surface area (Å²) in [5, 5.41) is 10.3.